The van der Waals surface area contributed by atoms with Gasteiger partial charge in [-0.1, -0.05) is 0 Å². The van der Waals surface area contributed by atoms with Gasteiger partial charge in [0.1, 0.15) is 11.6 Å². The van der Waals surface area contributed by atoms with Crippen molar-refractivity contribution >= 4 is 22.9 Å². The van der Waals surface area contributed by atoms with Crippen LogP contribution in [0.25, 0.3) is 11.0 Å². The van der Waals surface area contributed by atoms with Gasteiger partial charge < -0.3 is 10.6 Å². The first kappa shape index (κ1) is 12.3. The minimum absolute atomic E-state index is 0.0142. The van der Waals surface area contributed by atoms with Crippen molar-refractivity contribution in [2.24, 2.45) is 0 Å². The maximum atomic E-state index is 12.2. The summed E-state index contributed by atoms with van der Waals surface area (Å²) in [6.07, 6.45) is 3.31. The molecule has 96 valence electrons. The molecule has 0 aromatic carbocycles. The van der Waals surface area contributed by atoms with Crippen LogP contribution in [-0.2, 0) is 4.79 Å². The molecule has 1 amide bonds. The molecule has 0 fully saturated rings. The number of amides is 1. The summed E-state index contributed by atoms with van der Waals surface area (Å²) < 4.78 is 1.74. The normalized spacial score (nSPS) is 12.6. The van der Waals surface area contributed by atoms with Gasteiger partial charge >= 0.3 is 0 Å². The van der Waals surface area contributed by atoms with Crippen LogP contribution >= 0.6 is 0 Å². The third-order valence-corrected chi connectivity index (χ3v) is 3.11. The number of hydrogen-bond acceptors (Lipinski definition) is 4. The molecule has 0 aliphatic carbocycles. The number of hydrogen-bond donors (Lipinski definition) is 1. The topological polar surface area (TPSA) is 77.0 Å². The van der Waals surface area contributed by atoms with E-state index in [2.05, 4.69) is 9.97 Å². The fourth-order valence-corrected chi connectivity index (χ4v) is 1.96. The molecule has 2 rings (SSSR count). The number of pyridine rings is 1. The van der Waals surface area contributed by atoms with Crippen molar-refractivity contribution in [2.75, 3.05) is 19.3 Å². The monoisotopic (exact) mass is 247 g/mol. The van der Waals surface area contributed by atoms with Crippen molar-refractivity contribution in [1.82, 2.24) is 19.4 Å². The summed E-state index contributed by atoms with van der Waals surface area (Å²) in [5, 5.41) is 0. The smallest absolute Gasteiger partial charge is 0.245 e. The number of carbonyl (C=O) groups excluding carboxylic acids is 1. The van der Waals surface area contributed by atoms with Crippen molar-refractivity contribution in [1.29, 1.82) is 0 Å². The van der Waals surface area contributed by atoms with Crippen LogP contribution in [0.3, 0.4) is 0 Å². The first-order valence-corrected chi connectivity index (χ1v) is 5.88. The van der Waals surface area contributed by atoms with Crippen molar-refractivity contribution < 1.29 is 4.79 Å². The Balaban J connectivity index is 2.47. The van der Waals surface area contributed by atoms with E-state index in [4.69, 9.17) is 5.73 Å². The summed E-state index contributed by atoms with van der Waals surface area (Å²) in [5.41, 5.74) is 7.42. The molecule has 6 nitrogen and oxygen atoms in total. The zero-order valence-electron chi connectivity index (χ0n) is 10.8. The van der Waals surface area contributed by atoms with Crippen molar-refractivity contribution in [3.05, 3.63) is 18.5 Å². The summed E-state index contributed by atoms with van der Waals surface area (Å²) in [6, 6.07) is 1.44. The third-order valence-electron chi connectivity index (χ3n) is 3.11. The first-order chi connectivity index (χ1) is 8.56. The van der Waals surface area contributed by atoms with Gasteiger partial charge in [0.05, 0.1) is 11.7 Å². The fraction of sp³-hybridized carbons (Fsp3) is 0.417. The lowest BCUT2D eigenvalue weighted by atomic mass is 10.2. The number of nitrogens with zero attached hydrogens (tertiary/aromatic N) is 4. The van der Waals surface area contributed by atoms with E-state index in [1.165, 1.54) is 0 Å². The highest BCUT2D eigenvalue weighted by Crippen LogP contribution is 2.22. The Hall–Kier alpha value is -2.11. The molecule has 0 spiro atoms. The largest absolute Gasteiger partial charge is 0.369 e. The van der Waals surface area contributed by atoms with Crippen molar-refractivity contribution in [3.8, 4) is 0 Å². The molecule has 0 radical (unpaired) electrons. The van der Waals surface area contributed by atoms with E-state index in [0.29, 0.717) is 18.0 Å². The molecule has 18 heavy (non-hydrogen) atoms. The standard InChI is InChI=1S/C12H17N5O/c1-4-16(3)11(18)8(2)17-10-5-6-14-7-9(10)15-12(17)13/h5-8H,4H2,1-3H3,(H2,13,15). The summed E-state index contributed by atoms with van der Waals surface area (Å²) in [6.45, 7) is 4.42. The van der Waals surface area contributed by atoms with Gasteiger partial charge in [-0.25, -0.2) is 4.98 Å². The lowest BCUT2D eigenvalue weighted by molar-refractivity contribution is -0.132. The quantitative estimate of drug-likeness (QED) is 0.879. The maximum absolute atomic E-state index is 12.2. The molecule has 2 N–H and O–H groups in total. The molecule has 2 heterocycles. The van der Waals surface area contributed by atoms with Crippen molar-refractivity contribution in [3.63, 3.8) is 0 Å². The van der Waals surface area contributed by atoms with Crippen molar-refractivity contribution in [2.45, 2.75) is 19.9 Å². The number of nitrogen functional groups attached to an aromatic ring is 1. The molecule has 0 aliphatic heterocycles. The number of fused-ring (bicyclic) bond motifs is 1. The summed E-state index contributed by atoms with van der Waals surface area (Å²) in [7, 11) is 1.77. The predicted octanol–water partition coefficient (Wildman–Crippen LogP) is 1.05. The Kier molecular flexibility index (Phi) is 3.18. The fourth-order valence-electron chi connectivity index (χ4n) is 1.96. The van der Waals surface area contributed by atoms with E-state index in [0.717, 1.165) is 5.52 Å². The van der Waals surface area contributed by atoms with Gasteiger partial charge in [0, 0.05) is 19.8 Å². The minimum Gasteiger partial charge on any atom is -0.369 e. The molecule has 1 atom stereocenters. The van der Waals surface area contributed by atoms with Crippen LogP contribution in [0.1, 0.15) is 19.9 Å². The summed E-state index contributed by atoms with van der Waals surface area (Å²) in [4.78, 5) is 22.0. The van der Waals surface area contributed by atoms with Crippen LogP contribution in [0.5, 0.6) is 0 Å². The average molecular weight is 247 g/mol. The number of imidazole rings is 1. The molecular weight excluding hydrogens is 230 g/mol. The third kappa shape index (κ3) is 1.90. The number of likely N-dealkylation sites (N-methyl/N-ethyl adjacent to an activating group) is 1. The number of anilines is 1. The average Bonchev–Trinajstić information content (AvgIpc) is 2.71. The molecule has 1 unspecified atom stereocenters. The lowest BCUT2D eigenvalue weighted by Crippen LogP contribution is -2.33. The number of carbonyl (C=O) groups is 1. The maximum Gasteiger partial charge on any atom is 0.245 e. The highest BCUT2D eigenvalue weighted by molar-refractivity contribution is 5.85. The van der Waals surface area contributed by atoms with Gasteiger partial charge in [0.15, 0.2) is 0 Å². The molecular formula is C12H17N5O. The van der Waals surface area contributed by atoms with Crippen LogP contribution in [-0.4, -0.2) is 38.9 Å². The molecule has 2 aromatic rings. The summed E-state index contributed by atoms with van der Waals surface area (Å²) in [5.74, 6) is 0.351. The van der Waals surface area contributed by atoms with Gasteiger partial charge in [0.25, 0.3) is 0 Å². The van der Waals surface area contributed by atoms with Crippen LogP contribution in [0.4, 0.5) is 5.95 Å². The first-order valence-electron chi connectivity index (χ1n) is 5.88. The van der Waals surface area contributed by atoms with Crippen LogP contribution in [0, 0.1) is 0 Å². The van der Waals surface area contributed by atoms with Crippen LogP contribution in [0.15, 0.2) is 18.5 Å². The van der Waals surface area contributed by atoms with Crippen LogP contribution in [0.2, 0.25) is 0 Å². The van der Waals surface area contributed by atoms with E-state index in [9.17, 15) is 4.79 Å². The van der Waals surface area contributed by atoms with E-state index in [-0.39, 0.29) is 11.9 Å². The molecule has 6 heteroatoms. The highest BCUT2D eigenvalue weighted by atomic mass is 16.2. The summed E-state index contributed by atoms with van der Waals surface area (Å²) >= 11 is 0. The van der Waals surface area contributed by atoms with E-state index in [1.807, 2.05) is 19.9 Å². The Morgan fingerprint density at radius 3 is 3.00 bits per heavy atom. The molecule has 2 aromatic heterocycles. The molecule has 0 aliphatic rings. The zero-order chi connectivity index (χ0) is 13.3. The second-order valence-corrected chi connectivity index (χ2v) is 4.23. The molecule has 0 bridgehead atoms. The number of rotatable bonds is 3. The van der Waals surface area contributed by atoms with E-state index >= 15 is 0 Å². The van der Waals surface area contributed by atoms with Gasteiger partial charge in [0.2, 0.25) is 11.9 Å². The highest BCUT2D eigenvalue weighted by Gasteiger charge is 2.22. The zero-order valence-corrected chi connectivity index (χ0v) is 10.8. The molecule has 0 saturated carbocycles. The Bertz CT molecular complexity index is 577. The Morgan fingerprint density at radius 1 is 1.61 bits per heavy atom. The SMILES string of the molecule is CCN(C)C(=O)C(C)n1c(N)nc2cnccc21. The Morgan fingerprint density at radius 2 is 2.33 bits per heavy atom. The van der Waals surface area contributed by atoms with Gasteiger partial charge in [-0.3, -0.25) is 14.3 Å². The van der Waals surface area contributed by atoms with E-state index < -0.39 is 0 Å². The van der Waals surface area contributed by atoms with Gasteiger partial charge in [-0.15, -0.1) is 0 Å². The number of aromatic nitrogens is 3. The van der Waals surface area contributed by atoms with Gasteiger partial charge in [-0.2, -0.15) is 0 Å². The Labute approximate surface area is 105 Å². The number of nitrogens with two attached hydrogens (primary N) is 1. The van der Waals surface area contributed by atoms with Crippen LogP contribution < -0.4 is 5.73 Å². The minimum atomic E-state index is -0.373. The molecule has 0 saturated heterocycles. The van der Waals surface area contributed by atoms with Gasteiger partial charge in [-0.05, 0) is 19.9 Å². The lowest BCUT2D eigenvalue weighted by Gasteiger charge is -2.21. The second kappa shape index (κ2) is 4.64. The second-order valence-electron chi connectivity index (χ2n) is 4.23. The predicted molar refractivity (Wildman–Crippen MR) is 70.0 cm³/mol. The van der Waals surface area contributed by atoms with E-state index in [1.54, 1.807) is 28.9 Å².